The largest absolute Gasteiger partial charge is 0.492 e. The van der Waals surface area contributed by atoms with Gasteiger partial charge in [0.05, 0.1) is 0 Å². The Kier molecular flexibility index (Phi) is 5.71. The van der Waals surface area contributed by atoms with Crippen molar-refractivity contribution in [2.45, 2.75) is 13.0 Å². The predicted octanol–water partition coefficient (Wildman–Crippen LogP) is 1.78. The Labute approximate surface area is 157 Å². The lowest BCUT2D eigenvalue weighted by Gasteiger charge is -2.35. The Balaban J connectivity index is 1.91. The second-order valence-corrected chi connectivity index (χ2v) is 6.36. The summed E-state index contributed by atoms with van der Waals surface area (Å²) in [7, 11) is 0. The van der Waals surface area contributed by atoms with Crippen LogP contribution in [0.3, 0.4) is 0 Å². The summed E-state index contributed by atoms with van der Waals surface area (Å²) in [4.78, 5) is 27.1. The van der Waals surface area contributed by atoms with Crippen molar-refractivity contribution in [1.29, 1.82) is 0 Å². The third-order valence-electron chi connectivity index (χ3n) is 4.47. The number of ether oxygens (including phenoxy) is 1. The molecule has 6 nitrogen and oxygen atoms in total. The van der Waals surface area contributed by atoms with Crippen molar-refractivity contribution in [3.8, 4) is 5.75 Å². The Morgan fingerprint density at radius 1 is 1.30 bits per heavy atom. The molecule has 1 atom stereocenters. The number of carbonyl (C=O) groups excluding carboxylic acids is 2. The molecule has 3 N–H and O–H groups in total. The fourth-order valence-electron chi connectivity index (χ4n) is 3.09. The molecule has 3 rings (SSSR count). The standard InChI is InChI=1S/C20H22FN3O3/c1-13-2-3-15(12-17(13)27-11-8-22)20(26)24-10-9-23-19(25)18(24)14-4-6-16(21)7-5-14/h2-7,12,18H,8-11,22H2,1H3,(H,23,25). The van der Waals surface area contributed by atoms with Gasteiger partial charge in [-0.05, 0) is 42.3 Å². The molecule has 2 amide bonds. The molecule has 0 radical (unpaired) electrons. The second kappa shape index (κ2) is 8.18. The van der Waals surface area contributed by atoms with Crippen molar-refractivity contribution in [2.75, 3.05) is 26.2 Å². The van der Waals surface area contributed by atoms with E-state index in [9.17, 15) is 14.0 Å². The van der Waals surface area contributed by atoms with Gasteiger partial charge < -0.3 is 20.7 Å². The van der Waals surface area contributed by atoms with Crippen LogP contribution in [0.15, 0.2) is 42.5 Å². The molecular weight excluding hydrogens is 349 g/mol. The number of nitrogens with two attached hydrogens (primary N) is 1. The van der Waals surface area contributed by atoms with Crippen LogP contribution in [0, 0.1) is 12.7 Å². The number of rotatable bonds is 5. The molecule has 1 aliphatic heterocycles. The van der Waals surface area contributed by atoms with Crippen molar-refractivity contribution in [3.05, 3.63) is 65.0 Å². The van der Waals surface area contributed by atoms with E-state index in [-0.39, 0.29) is 11.8 Å². The van der Waals surface area contributed by atoms with E-state index < -0.39 is 11.9 Å². The van der Waals surface area contributed by atoms with Gasteiger partial charge in [0.25, 0.3) is 5.91 Å². The molecule has 142 valence electrons. The van der Waals surface area contributed by atoms with E-state index in [0.717, 1.165) is 5.56 Å². The first kappa shape index (κ1) is 18.8. The van der Waals surface area contributed by atoms with Crippen molar-refractivity contribution >= 4 is 11.8 Å². The Morgan fingerprint density at radius 2 is 2.04 bits per heavy atom. The van der Waals surface area contributed by atoms with Gasteiger partial charge in [-0.2, -0.15) is 0 Å². The maximum absolute atomic E-state index is 13.3. The average Bonchev–Trinajstić information content (AvgIpc) is 2.67. The van der Waals surface area contributed by atoms with Gasteiger partial charge >= 0.3 is 0 Å². The van der Waals surface area contributed by atoms with E-state index >= 15 is 0 Å². The molecule has 1 unspecified atom stereocenters. The highest BCUT2D eigenvalue weighted by molar-refractivity contribution is 5.99. The SMILES string of the molecule is Cc1ccc(C(=O)N2CCNC(=O)C2c2ccc(F)cc2)cc1OCCN. The summed E-state index contributed by atoms with van der Waals surface area (Å²) in [5.74, 6) is -0.371. The molecule has 2 aromatic rings. The zero-order valence-electron chi connectivity index (χ0n) is 15.1. The summed E-state index contributed by atoms with van der Waals surface area (Å²) in [6, 6.07) is 9.99. The Morgan fingerprint density at radius 3 is 2.74 bits per heavy atom. The van der Waals surface area contributed by atoms with Gasteiger partial charge in [-0.25, -0.2) is 4.39 Å². The molecule has 1 saturated heterocycles. The van der Waals surface area contributed by atoms with Crippen LogP contribution in [-0.2, 0) is 4.79 Å². The van der Waals surface area contributed by atoms with E-state index in [1.807, 2.05) is 6.92 Å². The van der Waals surface area contributed by atoms with Gasteiger partial charge in [-0.3, -0.25) is 9.59 Å². The van der Waals surface area contributed by atoms with Crippen LogP contribution < -0.4 is 15.8 Å². The van der Waals surface area contributed by atoms with Gasteiger partial charge in [0.15, 0.2) is 0 Å². The first-order chi connectivity index (χ1) is 13.0. The third kappa shape index (κ3) is 4.09. The lowest BCUT2D eigenvalue weighted by atomic mass is 10.0. The van der Waals surface area contributed by atoms with Crippen LogP contribution in [0.1, 0.15) is 27.5 Å². The van der Waals surface area contributed by atoms with Crippen LogP contribution >= 0.6 is 0 Å². The lowest BCUT2D eigenvalue weighted by molar-refractivity contribution is -0.128. The molecule has 0 spiro atoms. The molecule has 2 aromatic carbocycles. The van der Waals surface area contributed by atoms with Crippen LogP contribution in [0.4, 0.5) is 4.39 Å². The summed E-state index contributed by atoms with van der Waals surface area (Å²) in [5.41, 5.74) is 7.36. The number of piperazine rings is 1. The Bertz CT molecular complexity index is 839. The fraction of sp³-hybridized carbons (Fsp3) is 0.300. The zero-order chi connectivity index (χ0) is 19.4. The fourth-order valence-corrected chi connectivity index (χ4v) is 3.09. The number of amides is 2. The first-order valence-electron chi connectivity index (χ1n) is 8.79. The normalized spacial score (nSPS) is 16.8. The first-order valence-corrected chi connectivity index (χ1v) is 8.79. The van der Waals surface area contributed by atoms with Gasteiger partial charge in [-0.1, -0.05) is 18.2 Å². The summed E-state index contributed by atoms with van der Waals surface area (Å²) in [6.45, 7) is 3.33. The topological polar surface area (TPSA) is 84.7 Å². The number of aryl methyl sites for hydroxylation is 1. The van der Waals surface area contributed by atoms with Crippen molar-refractivity contribution in [2.24, 2.45) is 5.73 Å². The summed E-state index contributed by atoms with van der Waals surface area (Å²) in [6.07, 6.45) is 0. The zero-order valence-corrected chi connectivity index (χ0v) is 15.1. The van der Waals surface area contributed by atoms with Gasteiger partial charge in [0.2, 0.25) is 5.91 Å². The molecule has 1 aliphatic rings. The third-order valence-corrected chi connectivity index (χ3v) is 4.47. The van der Waals surface area contributed by atoms with Crippen LogP contribution in [0.25, 0.3) is 0 Å². The van der Waals surface area contributed by atoms with E-state index in [1.165, 1.54) is 29.2 Å². The average molecular weight is 371 g/mol. The number of carbonyl (C=O) groups is 2. The molecule has 1 heterocycles. The molecule has 0 aromatic heterocycles. The molecule has 0 bridgehead atoms. The highest BCUT2D eigenvalue weighted by Crippen LogP contribution is 2.27. The maximum Gasteiger partial charge on any atom is 0.255 e. The number of hydrogen-bond donors (Lipinski definition) is 2. The summed E-state index contributed by atoms with van der Waals surface area (Å²) in [5, 5.41) is 2.76. The van der Waals surface area contributed by atoms with Crippen LogP contribution in [-0.4, -0.2) is 43.0 Å². The number of nitrogens with one attached hydrogen (secondary N) is 1. The number of nitrogens with zero attached hydrogens (tertiary/aromatic N) is 1. The molecule has 0 aliphatic carbocycles. The van der Waals surface area contributed by atoms with Crippen LogP contribution in [0.5, 0.6) is 5.75 Å². The maximum atomic E-state index is 13.3. The predicted molar refractivity (Wildman–Crippen MR) is 98.9 cm³/mol. The number of halogens is 1. The number of hydrogen-bond acceptors (Lipinski definition) is 4. The smallest absolute Gasteiger partial charge is 0.255 e. The van der Waals surface area contributed by atoms with E-state index in [2.05, 4.69) is 5.32 Å². The van der Waals surface area contributed by atoms with Gasteiger partial charge in [-0.15, -0.1) is 0 Å². The minimum Gasteiger partial charge on any atom is -0.492 e. The van der Waals surface area contributed by atoms with Crippen molar-refractivity contribution < 1.29 is 18.7 Å². The second-order valence-electron chi connectivity index (χ2n) is 6.36. The van der Waals surface area contributed by atoms with E-state index in [0.29, 0.717) is 43.1 Å². The molecular formula is C20H22FN3O3. The summed E-state index contributed by atoms with van der Waals surface area (Å²) >= 11 is 0. The molecule has 1 fully saturated rings. The van der Waals surface area contributed by atoms with Gasteiger partial charge in [0.1, 0.15) is 24.2 Å². The Hall–Kier alpha value is -2.93. The van der Waals surface area contributed by atoms with Crippen molar-refractivity contribution in [1.82, 2.24) is 10.2 Å². The highest BCUT2D eigenvalue weighted by Gasteiger charge is 2.35. The number of benzene rings is 2. The summed E-state index contributed by atoms with van der Waals surface area (Å²) < 4.78 is 18.8. The lowest BCUT2D eigenvalue weighted by Crippen LogP contribution is -2.52. The van der Waals surface area contributed by atoms with E-state index in [4.69, 9.17) is 10.5 Å². The quantitative estimate of drug-likeness (QED) is 0.839. The minimum atomic E-state index is -0.804. The molecule has 27 heavy (non-hydrogen) atoms. The van der Waals surface area contributed by atoms with Gasteiger partial charge in [0, 0.05) is 25.2 Å². The van der Waals surface area contributed by atoms with Crippen molar-refractivity contribution in [3.63, 3.8) is 0 Å². The monoisotopic (exact) mass is 371 g/mol. The molecule has 7 heteroatoms. The highest BCUT2D eigenvalue weighted by atomic mass is 19.1. The van der Waals surface area contributed by atoms with Crippen LogP contribution in [0.2, 0.25) is 0 Å². The minimum absolute atomic E-state index is 0.281. The van der Waals surface area contributed by atoms with E-state index in [1.54, 1.807) is 18.2 Å². The molecule has 0 saturated carbocycles.